The second-order valence-corrected chi connectivity index (χ2v) is 8.69. The van der Waals surface area contributed by atoms with E-state index in [9.17, 15) is 4.39 Å². The molecule has 7 heteroatoms. The first-order valence-electron chi connectivity index (χ1n) is 10.3. The van der Waals surface area contributed by atoms with Gasteiger partial charge in [0.25, 0.3) is 0 Å². The molecule has 1 spiro atoms. The number of nitrogens with one attached hydrogen (secondary N) is 1. The van der Waals surface area contributed by atoms with E-state index in [4.69, 9.17) is 0 Å². The molecule has 1 aliphatic carbocycles. The summed E-state index contributed by atoms with van der Waals surface area (Å²) in [5.74, 6) is -0.297. The summed E-state index contributed by atoms with van der Waals surface area (Å²) in [7, 11) is 0. The minimum Gasteiger partial charge on any atom is -0.311 e. The zero-order chi connectivity index (χ0) is 19.8. The molecule has 3 aromatic heterocycles. The van der Waals surface area contributed by atoms with Crippen molar-refractivity contribution >= 4 is 16.4 Å². The van der Waals surface area contributed by atoms with Gasteiger partial charge in [0, 0.05) is 22.7 Å². The monoisotopic (exact) mass is 390 g/mol. The van der Waals surface area contributed by atoms with Crippen LogP contribution in [-0.2, 0) is 0 Å². The molecule has 0 radical (unpaired) electrons. The molecule has 1 aromatic carbocycles. The summed E-state index contributed by atoms with van der Waals surface area (Å²) in [5.41, 5.74) is 5.01. The molecule has 1 atom stereocenters. The van der Waals surface area contributed by atoms with Crippen LogP contribution in [0.25, 0.3) is 27.7 Å². The van der Waals surface area contributed by atoms with Crippen LogP contribution in [0.1, 0.15) is 43.1 Å². The molecular formula is C22H23FN6. The van der Waals surface area contributed by atoms with Crippen molar-refractivity contribution in [3.8, 4) is 11.3 Å². The van der Waals surface area contributed by atoms with Gasteiger partial charge < -0.3 is 5.32 Å². The second-order valence-electron chi connectivity index (χ2n) is 8.69. The van der Waals surface area contributed by atoms with E-state index in [2.05, 4.69) is 20.5 Å². The molecule has 0 amide bonds. The zero-order valence-corrected chi connectivity index (χ0v) is 16.6. The molecule has 2 fully saturated rings. The van der Waals surface area contributed by atoms with Gasteiger partial charge in [-0.3, -0.25) is 9.67 Å². The third-order valence-corrected chi connectivity index (χ3v) is 6.47. The lowest BCUT2D eigenvalue weighted by atomic mass is 9.98. The molecule has 2 aliphatic rings. The summed E-state index contributed by atoms with van der Waals surface area (Å²) in [4.78, 5) is 4.49. The standard InChI is InChI=1S/C22H23FN6/c1-13-11-29-20(14(2)25-13)9-19(26-29)15-7-16-12-28(27-21(16)18(23)8-15)17-3-6-24-22(10-17)4-5-22/h7-9,11-12,17,24H,3-6,10H2,1-2H3. The highest BCUT2D eigenvalue weighted by atomic mass is 19.1. The number of aromatic nitrogens is 5. The maximum atomic E-state index is 14.9. The molecule has 6 nitrogen and oxygen atoms in total. The van der Waals surface area contributed by atoms with Crippen LogP contribution in [0.2, 0.25) is 0 Å². The molecule has 148 valence electrons. The number of aryl methyl sites for hydroxylation is 2. The van der Waals surface area contributed by atoms with Gasteiger partial charge in [-0.25, -0.2) is 8.91 Å². The molecule has 0 bridgehead atoms. The van der Waals surface area contributed by atoms with E-state index in [1.54, 1.807) is 6.07 Å². The number of rotatable bonds is 2. The Bertz CT molecular complexity index is 1270. The summed E-state index contributed by atoms with van der Waals surface area (Å²) in [5, 5.41) is 13.7. The predicted octanol–water partition coefficient (Wildman–Crippen LogP) is 3.96. The van der Waals surface area contributed by atoms with Crippen molar-refractivity contribution in [2.45, 2.75) is 51.1 Å². The fourth-order valence-electron chi connectivity index (χ4n) is 4.76. The van der Waals surface area contributed by atoms with E-state index in [1.807, 2.05) is 47.6 Å². The molecule has 1 unspecified atom stereocenters. The van der Waals surface area contributed by atoms with E-state index >= 15 is 0 Å². The van der Waals surface area contributed by atoms with Crippen LogP contribution in [0.3, 0.4) is 0 Å². The summed E-state index contributed by atoms with van der Waals surface area (Å²) >= 11 is 0. The van der Waals surface area contributed by atoms with Crippen LogP contribution >= 0.6 is 0 Å². The highest BCUT2D eigenvalue weighted by Crippen LogP contribution is 2.45. The second kappa shape index (κ2) is 5.86. The third kappa shape index (κ3) is 2.75. The maximum absolute atomic E-state index is 14.9. The summed E-state index contributed by atoms with van der Waals surface area (Å²) in [6.07, 6.45) is 8.48. The van der Waals surface area contributed by atoms with Crippen molar-refractivity contribution in [1.29, 1.82) is 0 Å². The van der Waals surface area contributed by atoms with Crippen LogP contribution in [0.15, 0.2) is 30.6 Å². The molecule has 4 aromatic rings. The van der Waals surface area contributed by atoms with E-state index < -0.39 is 0 Å². The highest BCUT2D eigenvalue weighted by molar-refractivity contribution is 5.84. The number of benzene rings is 1. The topological polar surface area (TPSA) is 60.0 Å². The number of piperidine rings is 1. The summed E-state index contributed by atoms with van der Waals surface area (Å²) in [6.45, 7) is 4.91. The van der Waals surface area contributed by atoms with E-state index in [-0.39, 0.29) is 5.82 Å². The Morgan fingerprint density at radius 2 is 2.00 bits per heavy atom. The molecule has 1 N–H and O–H groups in total. The van der Waals surface area contributed by atoms with E-state index in [1.165, 1.54) is 12.8 Å². The molecule has 1 saturated heterocycles. The van der Waals surface area contributed by atoms with Gasteiger partial charge in [-0.15, -0.1) is 0 Å². The lowest BCUT2D eigenvalue weighted by molar-refractivity contribution is 0.271. The Morgan fingerprint density at radius 3 is 2.83 bits per heavy atom. The highest BCUT2D eigenvalue weighted by Gasteiger charge is 2.46. The SMILES string of the molecule is Cc1cn2nc(-c3cc(F)c4nn(C5CCNC6(CC6)C5)cc4c3)cc2c(C)n1. The van der Waals surface area contributed by atoms with Crippen LogP contribution in [0, 0.1) is 19.7 Å². The normalized spacial score (nSPS) is 20.7. The number of hydrogen-bond donors (Lipinski definition) is 1. The number of hydrogen-bond acceptors (Lipinski definition) is 4. The Balaban J connectivity index is 1.42. The third-order valence-electron chi connectivity index (χ3n) is 6.47. The molecular weight excluding hydrogens is 367 g/mol. The van der Waals surface area contributed by atoms with Gasteiger partial charge in [0.05, 0.1) is 34.8 Å². The molecule has 1 aliphatic heterocycles. The Labute approximate surface area is 167 Å². The van der Waals surface area contributed by atoms with Gasteiger partial charge >= 0.3 is 0 Å². The fraction of sp³-hybridized carbons (Fsp3) is 0.409. The Morgan fingerprint density at radius 1 is 1.14 bits per heavy atom. The zero-order valence-electron chi connectivity index (χ0n) is 16.6. The van der Waals surface area contributed by atoms with Crippen molar-refractivity contribution in [3.05, 3.63) is 47.8 Å². The number of fused-ring (bicyclic) bond motifs is 2. The number of nitrogens with zero attached hydrogens (tertiary/aromatic N) is 5. The van der Waals surface area contributed by atoms with Gasteiger partial charge in [0.1, 0.15) is 5.52 Å². The summed E-state index contributed by atoms with van der Waals surface area (Å²) < 4.78 is 18.7. The van der Waals surface area contributed by atoms with Gasteiger partial charge in [-0.05, 0) is 64.3 Å². The molecule has 29 heavy (non-hydrogen) atoms. The van der Waals surface area contributed by atoms with Crippen LogP contribution in [0.4, 0.5) is 4.39 Å². The first-order valence-corrected chi connectivity index (χ1v) is 10.3. The van der Waals surface area contributed by atoms with Crippen molar-refractivity contribution in [1.82, 2.24) is 29.7 Å². The summed E-state index contributed by atoms with van der Waals surface area (Å²) in [6, 6.07) is 5.84. The first-order chi connectivity index (χ1) is 14.0. The minimum atomic E-state index is -0.297. The maximum Gasteiger partial charge on any atom is 0.151 e. The lowest BCUT2D eigenvalue weighted by Crippen LogP contribution is -2.40. The van der Waals surface area contributed by atoms with Crippen molar-refractivity contribution < 1.29 is 4.39 Å². The fourth-order valence-corrected chi connectivity index (χ4v) is 4.76. The van der Waals surface area contributed by atoms with Gasteiger partial charge in [-0.2, -0.15) is 10.2 Å². The lowest BCUT2D eigenvalue weighted by Gasteiger charge is -2.30. The van der Waals surface area contributed by atoms with E-state index in [0.29, 0.717) is 17.1 Å². The van der Waals surface area contributed by atoms with Crippen LogP contribution in [0.5, 0.6) is 0 Å². The van der Waals surface area contributed by atoms with Crippen molar-refractivity contribution in [3.63, 3.8) is 0 Å². The van der Waals surface area contributed by atoms with Crippen molar-refractivity contribution in [2.24, 2.45) is 0 Å². The van der Waals surface area contributed by atoms with Crippen molar-refractivity contribution in [2.75, 3.05) is 6.54 Å². The van der Waals surface area contributed by atoms with Crippen LogP contribution in [-0.4, -0.2) is 36.5 Å². The number of halogens is 1. The average molecular weight is 390 g/mol. The Kier molecular flexibility index (Phi) is 3.45. The molecule has 1 saturated carbocycles. The largest absolute Gasteiger partial charge is 0.311 e. The minimum absolute atomic E-state index is 0.297. The molecule has 4 heterocycles. The van der Waals surface area contributed by atoms with Crippen LogP contribution < -0.4 is 5.32 Å². The quantitative estimate of drug-likeness (QED) is 0.563. The van der Waals surface area contributed by atoms with Gasteiger partial charge in [0.2, 0.25) is 0 Å². The van der Waals surface area contributed by atoms with E-state index in [0.717, 1.165) is 52.9 Å². The van der Waals surface area contributed by atoms with Gasteiger partial charge in [0.15, 0.2) is 5.82 Å². The predicted molar refractivity (Wildman–Crippen MR) is 109 cm³/mol. The Hall–Kier alpha value is -2.80. The smallest absolute Gasteiger partial charge is 0.151 e. The average Bonchev–Trinajstić information content (AvgIpc) is 3.12. The first kappa shape index (κ1) is 17.1. The van der Waals surface area contributed by atoms with Gasteiger partial charge in [-0.1, -0.05) is 0 Å². The molecule has 6 rings (SSSR count).